The number of hydrogen-bond acceptors (Lipinski definition) is 2. The number of allylic oxidation sites excluding steroid dienone is 1. The van der Waals surface area contributed by atoms with Crippen LogP contribution in [-0.2, 0) is 6.54 Å². The lowest BCUT2D eigenvalue weighted by Crippen LogP contribution is -2.27. The van der Waals surface area contributed by atoms with Gasteiger partial charge in [-0.3, -0.25) is 4.98 Å². The van der Waals surface area contributed by atoms with Crippen LogP contribution in [0, 0.1) is 0 Å². The summed E-state index contributed by atoms with van der Waals surface area (Å²) in [7, 11) is 0. The second-order valence-corrected chi connectivity index (χ2v) is 3.71. The van der Waals surface area contributed by atoms with E-state index in [4.69, 9.17) is 0 Å². The molecule has 1 atom stereocenters. The first-order chi connectivity index (χ1) is 6.95. The van der Waals surface area contributed by atoms with Gasteiger partial charge in [0.1, 0.15) is 0 Å². The summed E-state index contributed by atoms with van der Waals surface area (Å²) in [5.41, 5.74) is 1.26. The minimum Gasteiger partial charge on any atom is -0.306 e. The van der Waals surface area contributed by atoms with Crippen molar-refractivity contribution in [3.63, 3.8) is 0 Å². The van der Waals surface area contributed by atoms with Crippen LogP contribution in [0.4, 0.5) is 0 Å². The highest BCUT2D eigenvalue weighted by atomic mass is 14.9. The van der Waals surface area contributed by atoms with Gasteiger partial charge in [0.15, 0.2) is 0 Å². The van der Waals surface area contributed by atoms with E-state index in [2.05, 4.69) is 28.5 Å². The van der Waals surface area contributed by atoms with E-state index in [0.717, 1.165) is 6.54 Å². The van der Waals surface area contributed by atoms with Gasteiger partial charge in [0.05, 0.1) is 0 Å². The Morgan fingerprint density at radius 2 is 2.50 bits per heavy atom. The Labute approximate surface area is 85.1 Å². The lowest BCUT2D eigenvalue weighted by molar-refractivity contribution is 0.522. The molecule has 14 heavy (non-hydrogen) atoms. The van der Waals surface area contributed by atoms with E-state index in [0.29, 0.717) is 6.04 Å². The molecule has 0 spiro atoms. The van der Waals surface area contributed by atoms with Crippen molar-refractivity contribution in [2.75, 3.05) is 0 Å². The Bertz CT molecular complexity index is 292. The summed E-state index contributed by atoms with van der Waals surface area (Å²) >= 11 is 0. The van der Waals surface area contributed by atoms with E-state index in [-0.39, 0.29) is 0 Å². The molecule has 0 amide bonds. The van der Waals surface area contributed by atoms with Gasteiger partial charge in [0, 0.05) is 25.0 Å². The minimum absolute atomic E-state index is 0.559. The average molecular weight is 188 g/mol. The van der Waals surface area contributed by atoms with Crippen molar-refractivity contribution in [3.8, 4) is 0 Å². The predicted octanol–water partition coefficient (Wildman–Crippen LogP) is 2.28. The van der Waals surface area contributed by atoms with Gasteiger partial charge in [-0.2, -0.15) is 0 Å². The second kappa shape index (κ2) is 4.91. The molecule has 1 unspecified atom stereocenters. The van der Waals surface area contributed by atoms with Gasteiger partial charge in [-0.15, -0.1) is 0 Å². The van der Waals surface area contributed by atoms with E-state index in [9.17, 15) is 0 Å². The summed E-state index contributed by atoms with van der Waals surface area (Å²) < 4.78 is 0. The number of hydrogen-bond donors (Lipinski definition) is 1. The molecule has 74 valence electrons. The van der Waals surface area contributed by atoms with Crippen molar-refractivity contribution in [1.82, 2.24) is 10.3 Å². The maximum Gasteiger partial charge on any atom is 0.0312 e. The highest BCUT2D eigenvalue weighted by Gasteiger charge is 2.06. The largest absolute Gasteiger partial charge is 0.306 e. The van der Waals surface area contributed by atoms with Crippen LogP contribution in [0.3, 0.4) is 0 Å². The summed E-state index contributed by atoms with van der Waals surface area (Å²) in [5.74, 6) is 0. The fourth-order valence-corrected chi connectivity index (χ4v) is 1.73. The first kappa shape index (κ1) is 9.41. The third-order valence-electron chi connectivity index (χ3n) is 2.55. The molecule has 1 aliphatic carbocycles. The molecule has 1 aromatic heterocycles. The number of pyridine rings is 1. The van der Waals surface area contributed by atoms with E-state index in [1.807, 2.05) is 18.5 Å². The Hall–Kier alpha value is -1.15. The van der Waals surface area contributed by atoms with Crippen LogP contribution >= 0.6 is 0 Å². The Morgan fingerprint density at radius 1 is 1.50 bits per heavy atom. The molecule has 0 fully saturated rings. The summed E-state index contributed by atoms with van der Waals surface area (Å²) in [6.07, 6.45) is 12.1. The summed E-state index contributed by atoms with van der Waals surface area (Å²) in [5, 5.41) is 3.51. The van der Waals surface area contributed by atoms with Gasteiger partial charge in [-0.25, -0.2) is 0 Å². The molecule has 0 aromatic carbocycles. The zero-order chi connectivity index (χ0) is 9.64. The maximum absolute atomic E-state index is 4.09. The molecule has 1 aromatic rings. The molecule has 1 N–H and O–H groups in total. The number of aromatic nitrogens is 1. The molecule has 0 aliphatic heterocycles. The van der Waals surface area contributed by atoms with Crippen LogP contribution in [0.15, 0.2) is 36.7 Å². The van der Waals surface area contributed by atoms with Crippen LogP contribution < -0.4 is 5.32 Å². The van der Waals surface area contributed by atoms with Crippen molar-refractivity contribution >= 4 is 0 Å². The van der Waals surface area contributed by atoms with Gasteiger partial charge in [-0.05, 0) is 30.9 Å². The van der Waals surface area contributed by atoms with Crippen molar-refractivity contribution in [2.24, 2.45) is 0 Å². The second-order valence-electron chi connectivity index (χ2n) is 3.71. The lowest BCUT2D eigenvalue weighted by Gasteiger charge is -2.17. The van der Waals surface area contributed by atoms with Crippen LogP contribution in [0.1, 0.15) is 24.8 Å². The zero-order valence-corrected chi connectivity index (χ0v) is 8.32. The lowest BCUT2D eigenvalue weighted by atomic mass is 10.0. The topological polar surface area (TPSA) is 24.9 Å². The van der Waals surface area contributed by atoms with Gasteiger partial charge < -0.3 is 5.32 Å². The minimum atomic E-state index is 0.559. The summed E-state index contributed by atoms with van der Waals surface area (Å²) in [4.78, 5) is 4.09. The molecule has 1 aliphatic rings. The first-order valence-corrected chi connectivity index (χ1v) is 5.24. The van der Waals surface area contributed by atoms with E-state index in [1.165, 1.54) is 24.8 Å². The number of nitrogens with zero attached hydrogens (tertiary/aromatic N) is 1. The molecule has 0 bridgehead atoms. The Balaban J connectivity index is 1.82. The normalized spacial score (nSPS) is 21.0. The molecule has 0 saturated heterocycles. The average Bonchev–Trinajstić information content (AvgIpc) is 2.29. The smallest absolute Gasteiger partial charge is 0.0312 e. The van der Waals surface area contributed by atoms with Crippen LogP contribution in [0.25, 0.3) is 0 Å². The summed E-state index contributed by atoms with van der Waals surface area (Å²) in [6.45, 7) is 0.919. The fraction of sp³-hybridized carbons (Fsp3) is 0.417. The third kappa shape index (κ3) is 2.67. The third-order valence-corrected chi connectivity index (χ3v) is 2.55. The summed E-state index contributed by atoms with van der Waals surface area (Å²) in [6, 6.07) is 4.64. The Morgan fingerprint density at radius 3 is 3.21 bits per heavy atom. The van der Waals surface area contributed by atoms with Gasteiger partial charge in [0.2, 0.25) is 0 Å². The molecule has 2 heteroatoms. The molecule has 2 nitrogen and oxygen atoms in total. The molecule has 1 heterocycles. The van der Waals surface area contributed by atoms with Crippen LogP contribution in [-0.4, -0.2) is 11.0 Å². The van der Waals surface area contributed by atoms with Crippen molar-refractivity contribution in [3.05, 3.63) is 42.2 Å². The molecule has 2 rings (SSSR count). The van der Waals surface area contributed by atoms with Gasteiger partial charge in [-0.1, -0.05) is 18.2 Å². The SMILES string of the molecule is C1=CC(NCc2cccnc2)CCC1. The fourth-order valence-electron chi connectivity index (χ4n) is 1.73. The van der Waals surface area contributed by atoms with Crippen LogP contribution in [0.2, 0.25) is 0 Å². The monoisotopic (exact) mass is 188 g/mol. The van der Waals surface area contributed by atoms with Crippen molar-refractivity contribution in [1.29, 1.82) is 0 Å². The Kier molecular flexibility index (Phi) is 3.30. The quantitative estimate of drug-likeness (QED) is 0.736. The molecular weight excluding hydrogens is 172 g/mol. The van der Waals surface area contributed by atoms with E-state index in [1.54, 1.807) is 0 Å². The standard InChI is InChI=1S/C12H16N2/c1-2-6-12(7-3-1)14-10-11-5-4-8-13-9-11/h2,4-6,8-9,12,14H,1,3,7,10H2. The molecule has 0 saturated carbocycles. The zero-order valence-electron chi connectivity index (χ0n) is 8.32. The number of rotatable bonds is 3. The molecule has 0 radical (unpaired) electrons. The molecular formula is C12H16N2. The van der Waals surface area contributed by atoms with Crippen molar-refractivity contribution < 1.29 is 0 Å². The highest BCUT2D eigenvalue weighted by Crippen LogP contribution is 2.10. The van der Waals surface area contributed by atoms with E-state index < -0.39 is 0 Å². The maximum atomic E-state index is 4.09. The van der Waals surface area contributed by atoms with Gasteiger partial charge >= 0.3 is 0 Å². The predicted molar refractivity (Wildman–Crippen MR) is 57.9 cm³/mol. The van der Waals surface area contributed by atoms with Crippen molar-refractivity contribution in [2.45, 2.75) is 31.8 Å². The first-order valence-electron chi connectivity index (χ1n) is 5.24. The number of nitrogens with one attached hydrogen (secondary N) is 1. The van der Waals surface area contributed by atoms with E-state index >= 15 is 0 Å². The van der Waals surface area contributed by atoms with Crippen LogP contribution in [0.5, 0.6) is 0 Å². The highest BCUT2D eigenvalue weighted by molar-refractivity contribution is 5.09. The van der Waals surface area contributed by atoms with Gasteiger partial charge in [0.25, 0.3) is 0 Å².